The van der Waals surface area contributed by atoms with Gasteiger partial charge in [0.25, 0.3) is 0 Å². The fourth-order valence-corrected chi connectivity index (χ4v) is 1.54. The fraction of sp³-hybridized carbons (Fsp3) is 1.00. The lowest BCUT2D eigenvalue weighted by atomic mass is 9.91. The second-order valence-corrected chi connectivity index (χ2v) is 3.39. The molecular formula is C8H17NO4. The standard InChI is InChI=1S/C8H17NO4/c1-4-6(9)7(11)5(3-10)13-8(4)12-2/h4-8,10-11H,3,9H2,1-2H3/t4-,5?,6?,7?,8?/m0/s1. The zero-order chi connectivity index (χ0) is 10.0. The van der Waals surface area contributed by atoms with Gasteiger partial charge < -0.3 is 25.4 Å². The highest BCUT2D eigenvalue weighted by molar-refractivity contribution is 4.89. The van der Waals surface area contributed by atoms with Gasteiger partial charge in [0, 0.05) is 19.1 Å². The summed E-state index contributed by atoms with van der Waals surface area (Å²) in [6.07, 6.45) is -1.92. The Morgan fingerprint density at radius 1 is 1.54 bits per heavy atom. The number of aliphatic hydroxyl groups is 2. The molecule has 78 valence electrons. The van der Waals surface area contributed by atoms with Gasteiger partial charge in [-0.05, 0) is 0 Å². The van der Waals surface area contributed by atoms with Crippen molar-refractivity contribution in [1.82, 2.24) is 0 Å². The van der Waals surface area contributed by atoms with E-state index < -0.39 is 24.5 Å². The highest BCUT2D eigenvalue weighted by Gasteiger charge is 2.40. The Morgan fingerprint density at radius 2 is 2.15 bits per heavy atom. The van der Waals surface area contributed by atoms with Crippen LogP contribution in [0.25, 0.3) is 0 Å². The molecule has 4 N–H and O–H groups in total. The highest BCUT2D eigenvalue weighted by Crippen LogP contribution is 2.24. The Morgan fingerprint density at radius 3 is 2.62 bits per heavy atom. The lowest BCUT2D eigenvalue weighted by Gasteiger charge is -2.40. The van der Waals surface area contributed by atoms with Crippen LogP contribution in [0.1, 0.15) is 6.92 Å². The molecule has 0 aliphatic carbocycles. The van der Waals surface area contributed by atoms with Crippen LogP contribution in [0.15, 0.2) is 0 Å². The molecule has 1 aliphatic heterocycles. The minimum atomic E-state index is -0.827. The van der Waals surface area contributed by atoms with Crippen molar-refractivity contribution in [1.29, 1.82) is 0 Å². The highest BCUT2D eigenvalue weighted by atomic mass is 16.7. The second kappa shape index (κ2) is 4.34. The Hall–Kier alpha value is -0.200. The molecular weight excluding hydrogens is 174 g/mol. The third-order valence-electron chi connectivity index (χ3n) is 2.53. The maximum Gasteiger partial charge on any atom is 0.161 e. The van der Waals surface area contributed by atoms with Gasteiger partial charge in [0.1, 0.15) is 6.10 Å². The van der Waals surface area contributed by atoms with Crippen LogP contribution in [0.4, 0.5) is 0 Å². The SMILES string of the molecule is COC1OC(CO)C(O)C(N)[C@@H]1C. The van der Waals surface area contributed by atoms with E-state index in [4.69, 9.17) is 20.3 Å². The van der Waals surface area contributed by atoms with Gasteiger partial charge in [-0.2, -0.15) is 0 Å². The molecule has 0 aromatic rings. The van der Waals surface area contributed by atoms with Gasteiger partial charge in [0.2, 0.25) is 0 Å². The summed E-state index contributed by atoms with van der Waals surface area (Å²) in [5, 5.41) is 18.4. The quantitative estimate of drug-likeness (QED) is 0.504. The van der Waals surface area contributed by atoms with Gasteiger partial charge in [-0.25, -0.2) is 0 Å². The molecule has 5 atom stereocenters. The zero-order valence-electron chi connectivity index (χ0n) is 7.88. The molecule has 0 aromatic carbocycles. The van der Waals surface area contributed by atoms with Crippen LogP contribution in [0.3, 0.4) is 0 Å². The first-order valence-corrected chi connectivity index (χ1v) is 4.34. The van der Waals surface area contributed by atoms with Crippen molar-refractivity contribution < 1.29 is 19.7 Å². The molecule has 0 saturated carbocycles. The summed E-state index contributed by atoms with van der Waals surface area (Å²) >= 11 is 0. The topological polar surface area (TPSA) is 84.9 Å². The van der Waals surface area contributed by atoms with Crippen LogP contribution in [0.2, 0.25) is 0 Å². The Bertz CT molecular complexity index is 146. The number of aliphatic hydroxyl groups excluding tert-OH is 2. The summed E-state index contributed by atoms with van der Waals surface area (Å²) in [7, 11) is 1.51. The van der Waals surface area contributed by atoms with Crippen molar-refractivity contribution in [3.63, 3.8) is 0 Å². The number of methoxy groups -OCH3 is 1. The van der Waals surface area contributed by atoms with Crippen LogP contribution in [-0.2, 0) is 9.47 Å². The molecule has 1 rings (SSSR count). The second-order valence-electron chi connectivity index (χ2n) is 3.39. The number of rotatable bonds is 2. The van der Waals surface area contributed by atoms with E-state index in [1.54, 1.807) is 0 Å². The van der Waals surface area contributed by atoms with Gasteiger partial charge >= 0.3 is 0 Å². The lowest BCUT2D eigenvalue weighted by molar-refractivity contribution is -0.248. The summed E-state index contributed by atoms with van der Waals surface area (Å²) in [5.74, 6) is -0.0807. The van der Waals surface area contributed by atoms with E-state index in [1.165, 1.54) is 7.11 Å². The number of hydrogen-bond donors (Lipinski definition) is 3. The lowest BCUT2D eigenvalue weighted by Crippen LogP contribution is -2.58. The number of hydrogen-bond acceptors (Lipinski definition) is 5. The van der Waals surface area contributed by atoms with Crippen LogP contribution in [0, 0.1) is 5.92 Å². The largest absolute Gasteiger partial charge is 0.394 e. The Labute approximate surface area is 77.4 Å². The van der Waals surface area contributed by atoms with Gasteiger partial charge in [-0.15, -0.1) is 0 Å². The van der Waals surface area contributed by atoms with Crippen LogP contribution >= 0.6 is 0 Å². The van der Waals surface area contributed by atoms with Crippen molar-refractivity contribution >= 4 is 0 Å². The average molecular weight is 191 g/mol. The maximum absolute atomic E-state index is 9.56. The first-order valence-electron chi connectivity index (χ1n) is 4.34. The van der Waals surface area contributed by atoms with Crippen molar-refractivity contribution in [2.75, 3.05) is 13.7 Å². The van der Waals surface area contributed by atoms with Crippen LogP contribution in [-0.4, -0.2) is 48.5 Å². The molecule has 0 spiro atoms. The third-order valence-corrected chi connectivity index (χ3v) is 2.53. The van der Waals surface area contributed by atoms with E-state index in [-0.39, 0.29) is 12.5 Å². The molecule has 0 radical (unpaired) electrons. The first kappa shape index (κ1) is 10.9. The van der Waals surface area contributed by atoms with E-state index in [0.29, 0.717) is 0 Å². The van der Waals surface area contributed by atoms with Crippen molar-refractivity contribution in [3.8, 4) is 0 Å². The minimum absolute atomic E-state index is 0.0807. The van der Waals surface area contributed by atoms with Crippen LogP contribution < -0.4 is 5.73 Å². The summed E-state index contributed by atoms with van der Waals surface area (Å²) in [5.41, 5.74) is 5.73. The van der Waals surface area contributed by atoms with E-state index >= 15 is 0 Å². The monoisotopic (exact) mass is 191 g/mol. The Balaban J connectivity index is 2.66. The molecule has 0 bridgehead atoms. The molecule has 5 heteroatoms. The molecule has 0 amide bonds. The number of nitrogens with two attached hydrogens (primary N) is 1. The Kier molecular flexibility index (Phi) is 3.63. The minimum Gasteiger partial charge on any atom is -0.394 e. The summed E-state index contributed by atoms with van der Waals surface area (Å²) in [4.78, 5) is 0. The molecule has 1 fully saturated rings. The van der Waals surface area contributed by atoms with E-state index in [1.807, 2.05) is 6.92 Å². The fourth-order valence-electron chi connectivity index (χ4n) is 1.54. The molecule has 1 saturated heterocycles. The average Bonchev–Trinajstić information content (AvgIpc) is 2.15. The zero-order valence-corrected chi connectivity index (χ0v) is 7.88. The predicted molar refractivity (Wildman–Crippen MR) is 45.9 cm³/mol. The van der Waals surface area contributed by atoms with Gasteiger partial charge in [-0.3, -0.25) is 0 Å². The molecule has 1 aliphatic rings. The normalized spacial score (nSPS) is 46.4. The van der Waals surface area contributed by atoms with E-state index in [2.05, 4.69) is 0 Å². The maximum atomic E-state index is 9.56. The van der Waals surface area contributed by atoms with Crippen molar-refractivity contribution in [2.45, 2.75) is 31.5 Å². The first-order chi connectivity index (χ1) is 6.11. The van der Waals surface area contributed by atoms with Crippen LogP contribution in [0.5, 0.6) is 0 Å². The molecule has 0 aromatic heterocycles. The van der Waals surface area contributed by atoms with Gasteiger partial charge in [0.05, 0.1) is 12.7 Å². The third kappa shape index (κ3) is 2.00. The summed E-state index contributed by atoms with van der Waals surface area (Å²) in [6.45, 7) is 1.59. The molecule has 1 heterocycles. The van der Waals surface area contributed by atoms with Gasteiger partial charge in [-0.1, -0.05) is 6.92 Å². The van der Waals surface area contributed by atoms with E-state index in [9.17, 15) is 5.11 Å². The summed E-state index contributed by atoms with van der Waals surface area (Å²) < 4.78 is 10.3. The van der Waals surface area contributed by atoms with Crippen molar-refractivity contribution in [3.05, 3.63) is 0 Å². The molecule has 4 unspecified atom stereocenters. The predicted octanol–water partition coefficient (Wildman–Crippen LogP) is -1.33. The van der Waals surface area contributed by atoms with Crippen molar-refractivity contribution in [2.24, 2.45) is 11.7 Å². The molecule has 5 nitrogen and oxygen atoms in total. The number of ether oxygens (including phenoxy) is 2. The van der Waals surface area contributed by atoms with Gasteiger partial charge in [0.15, 0.2) is 6.29 Å². The summed E-state index contributed by atoms with van der Waals surface area (Å²) in [6, 6.07) is -0.421. The smallest absolute Gasteiger partial charge is 0.161 e. The molecule has 13 heavy (non-hydrogen) atoms. The van der Waals surface area contributed by atoms with E-state index in [0.717, 1.165) is 0 Å².